The molecule has 3 aromatic carbocycles. The molecule has 0 unspecified atom stereocenters. The summed E-state index contributed by atoms with van der Waals surface area (Å²) >= 11 is 0. The van der Waals surface area contributed by atoms with Gasteiger partial charge >= 0.3 is 5.97 Å². The highest BCUT2D eigenvalue weighted by atomic mass is 16.5. The first-order valence-corrected chi connectivity index (χ1v) is 12.8. The first kappa shape index (κ1) is 28.4. The fourth-order valence-corrected chi connectivity index (χ4v) is 3.85. The van der Waals surface area contributed by atoms with Gasteiger partial charge in [0, 0.05) is 24.2 Å². The van der Waals surface area contributed by atoms with E-state index in [1.807, 2.05) is 51.1 Å². The van der Waals surface area contributed by atoms with Gasteiger partial charge in [-0.1, -0.05) is 38.1 Å². The van der Waals surface area contributed by atoms with Crippen LogP contribution in [0.25, 0.3) is 0 Å². The second-order valence-electron chi connectivity index (χ2n) is 9.68. The van der Waals surface area contributed by atoms with Crippen molar-refractivity contribution >= 4 is 29.2 Å². The number of hydrogen-bond donors (Lipinski definition) is 2. The molecule has 2 amide bonds. The molecule has 7 heteroatoms. The van der Waals surface area contributed by atoms with Crippen LogP contribution >= 0.6 is 0 Å². The van der Waals surface area contributed by atoms with Crippen molar-refractivity contribution in [3.05, 3.63) is 82.9 Å². The fourth-order valence-electron chi connectivity index (χ4n) is 3.85. The van der Waals surface area contributed by atoms with Crippen LogP contribution < -0.4 is 15.4 Å². The number of rotatable bonds is 11. The molecule has 200 valence electrons. The zero-order chi connectivity index (χ0) is 27.7. The van der Waals surface area contributed by atoms with E-state index < -0.39 is 11.9 Å². The van der Waals surface area contributed by atoms with Crippen molar-refractivity contribution in [1.82, 2.24) is 0 Å². The summed E-state index contributed by atoms with van der Waals surface area (Å²) in [6.07, 6.45) is 0.518. The third kappa shape index (κ3) is 8.47. The smallest absolute Gasteiger partial charge is 0.306 e. The lowest BCUT2D eigenvalue weighted by Gasteiger charge is -2.15. The van der Waals surface area contributed by atoms with Gasteiger partial charge in [0.1, 0.15) is 11.5 Å². The van der Waals surface area contributed by atoms with Crippen molar-refractivity contribution in [2.24, 2.45) is 0 Å². The summed E-state index contributed by atoms with van der Waals surface area (Å²) in [6, 6.07) is 19.0. The number of esters is 1. The SMILES string of the molecule is Cc1ccc(C(C)C)c(Oc2ccc(NC(=O)CCCC(=O)OCC(=O)Nc3cccc(C)c3C)cc2)c1. The Morgan fingerprint density at radius 1 is 0.842 bits per heavy atom. The van der Waals surface area contributed by atoms with Gasteiger partial charge in [0.25, 0.3) is 5.91 Å². The zero-order valence-corrected chi connectivity index (χ0v) is 22.7. The number of hydrogen-bond acceptors (Lipinski definition) is 5. The Bertz CT molecular complexity index is 1280. The Hall–Kier alpha value is -4.13. The molecule has 0 atom stereocenters. The zero-order valence-electron chi connectivity index (χ0n) is 22.7. The Labute approximate surface area is 224 Å². The van der Waals surface area contributed by atoms with Gasteiger partial charge in [-0.25, -0.2) is 0 Å². The number of anilines is 2. The molecule has 3 rings (SSSR count). The molecular formula is C31H36N2O5. The van der Waals surface area contributed by atoms with E-state index in [2.05, 4.69) is 36.6 Å². The third-order valence-corrected chi connectivity index (χ3v) is 6.18. The summed E-state index contributed by atoms with van der Waals surface area (Å²) in [5.74, 6) is 0.708. The predicted molar refractivity (Wildman–Crippen MR) is 150 cm³/mol. The predicted octanol–water partition coefficient (Wildman–Crippen LogP) is 6.82. The summed E-state index contributed by atoms with van der Waals surface area (Å²) in [5.41, 5.74) is 5.61. The summed E-state index contributed by atoms with van der Waals surface area (Å²) < 4.78 is 11.1. The van der Waals surface area contributed by atoms with Gasteiger partial charge in [0.15, 0.2) is 6.61 Å². The van der Waals surface area contributed by atoms with E-state index in [9.17, 15) is 14.4 Å². The van der Waals surface area contributed by atoms with Crippen LogP contribution in [0.1, 0.15) is 61.3 Å². The maximum atomic E-state index is 12.3. The molecule has 0 aliphatic carbocycles. The number of carbonyl (C=O) groups is 3. The lowest BCUT2D eigenvalue weighted by molar-refractivity contribution is -0.147. The van der Waals surface area contributed by atoms with E-state index in [1.165, 1.54) is 0 Å². The normalized spacial score (nSPS) is 10.7. The van der Waals surface area contributed by atoms with Gasteiger partial charge < -0.3 is 20.1 Å². The molecule has 0 aliphatic heterocycles. The largest absolute Gasteiger partial charge is 0.457 e. The van der Waals surface area contributed by atoms with Crippen LogP contribution in [0.2, 0.25) is 0 Å². The number of carbonyl (C=O) groups excluding carboxylic acids is 3. The van der Waals surface area contributed by atoms with Gasteiger partial charge in [-0.15, -0.1) is 0 Å². The van der Waals surface area contributed by atoms with Crippen LogP contribution in [0, 0.1) is 20.8 Å². The average Bonchev–Trinajstić information content (AvgIpc) is 2.86. The van der Waals surface area contributed by atoms with Crippen LogP contribution in [0.3, 0.4) is 0 Å². The Balaban J connectivity index is 1.38. The minimum absolute atomic E-state index is 0.0472. The van der Waals surface area contributed by atoms with Gasteiger partial charge in [0.05, 0.1) is 0 Å². The molecule has 0 bridgehead atoms. The highest BCUT2D eigenvalue weighted by molar-refractivity contribution is 5.94. The molecule has 2 N–H and O–H groups in total. The molecule has 7 nitrogen and oxygen atoms in total. The second-order valence-corrected chi connectivity index (χ2v) is 9.68. The third-order valence-electron chi connectivity index (χ3n) is 6.18. The summed E-state index contributed by atoms with van der Waals surface area (Å²) in [4.78, 5) is 36.4. The second kappa shape index (κ2) is 13.4. The van der Waals surface area contributed by atoms with Crippen LogP contribution in [0.4, 0.5) is 11.4 Å². The molecule has 38 heavy (non-hydrogen) atoms. The van der Waals surface area contributed by atoms with Crippen LogP contribution in [0.15, 0.2) is 60.7 Å². The van der Waals surface area contributed by atoms with Crippen molar-refractivity contribution in [2.45, 2.75) is 59.8 Å². The van der Waals surface area contributed by atoms with Crippen LogP contribution in [0.5, 0.6) is 11.5 Å². The van der Waals surface area contributed by atoms with E-state index >= 15 is 0 Å². The van der Waals surface area contributed by atoms with Crippen LogP contribution in [-0.2, 0) is 19.1 Å². The standard InChI is InChI=1S/C31H36N2O5/c1-20(2)26-17-12-21(3)18-28(26)38-25-15-13-24(14-16-25)32-29(34)10-7-11-31(36)37-19-30(35)33-27-9-6-8-22(4)23(27)5/h6,8-9,12-18,20H,7,10-11,19H2,1-5H3,(H,32,34)(H,33,35). The van der Waals surface area contributed by atoms with Crippen molar-refractivity contribution in [3.63, 3.8) is 0 Å². The maximum Gasteiger partial charge on any atom is 0.306 e. The minimum atomic E-state index is -0.521. The number of aryl methyl sites for hydroxylation is 2. The molecule has 0 saturated carbocycles. The first-order valence-electron chi connectivity index (χ1n) is 12.8. The number of benzene rings is 3. The quantitative estimate of drug-likeness (QED) is 0.273. The molecule has 3 aromatic rings. The molecule has 0 spiro atoms. The van der Waals surface area contributed by atoms with Crippen molar-refractivity contribution < 1.29 is 23.9 Å². The Morgan fingerprint density at radius 2 is 1.58 bits per heavy atom. The lowest BCUT2D eigenvalue weighted by Crippen LogP contribution is -2.21. The van der Waals surface area contributed by atoms with E-state index in [0.29, 0.717) is 29.5 Å². The summed E-state index contributed by atoms with van der Waals surface area (Å²) in [5, 5.41) is 5.57. The molecular weight excluding hydrogens is 480 g/mol. The molecule has 0 fully saturated rings. The van der Waals surface area contributed by atoms with E-state index in [4.69, 9.17) is 9.47 Å². The number of nitrogens with one attached hydrogen (secondary N) is 2. The number of ether oxygens (including phenoxy) is 2. The fraction of sp³-hybridized carbons (Fsp3) is 0.323. The van der Waals surface area contributed by atoms with E-state index in [0.717, 1.165) is 28.0 Å². The van der Waals surface area contributed by atoms with Gasteiger partial charge in [-0.05, 0) is 91.8 Å². The van der Waals surface area contributed by atoms with Crippen molar-refractivity contribution in [1.29, 1.82) is 0 Å². The maximum absolute atomic E-state index is 12.3. The summed E-state index contributed by atoms with van der Waals surface area (Å²) in [6.45, 7) is 9.78. The van der Waals surface area contributed by atoms with Crippen LogP contribution in [-0.4, -0.2) is 24.4 Å². The molecule has 0 aromatic heterocycles. The van der Waals surface area contributed by atoms with Crippen molar-refractivity contribution in [2.75, 3.05) is 17.2 Å². The van der Waals surface area contributed by atoms with Gasteiger partial charge in [-0.3, -0.25) is 14.4 Å². The van der Waals surface area contributed by atoms with Gasteiger partial charge in [0.2, 0.25) is 5.91 Å². The highest BCUT2D eigenvalue weighted by Crippen LogP contribution is 2.32. The Morgan fingerprint density at radius 3 is 2.29 bits per heavy atom. The molecule has 0 aliphatic rings. The van der Waals surface area contributed by atoms with E-state index in [1.54, 1.807) is 18.2 Å². The topological polar surface area (TPSA) is 93.7 Å². The lowest BCUT2D eigenvalue weighted by atomic mass is 10.0. The average molecular weight is 517 g/mol. The van der Waals surface area contributed by atoms with Gasteiger partial charge in [-0.2, -0.15) is 0 Å². The van der Waals surface area contributed by atoms with E-state index in [-0.39, 0.29) is 25.4 Å². The molecule has 0 heterocycles. The molecule has 0 saturated heterocycles. The monoisotopic (exact) mass is 516 g/mol. The minimum Gasteiger partial charge on any atom is -0.457 e. The number of amides is 2. The Kier molecular flexibility index (Phi) is 10.0. The van der Waals surface area contributed by atoms with Crippen molar-refractivity contribution in [3.8, 4) is 11.5 Å². The molecule has 0 radical (unpaired) electrons. The first-order chi connectivity index (χ1) is 18.1. The highest BCUT2D eigenvalue weighted by Gasteiger charge is 2.12. The summed E-state index contributed by atoms with van der Waals surface area (Å²) in [7, 11) is 0.